The number of hydrogen-bond acceptors (Lipinski definition) is 3. The Hall–Kier alpha value is -1.63. The van der Waals surface area contributed by atoms with Gasteiger partial charge >= 0.3 is 5.97 Å². The average Bonchev–Trinajstić information content (AvgIpc) is 2.76. The summed E-state index contributed by atoms with van der Waals surface area (Å²) in [5.41, 5.74) is 0.366. The van der Waals surface area contributed by atoms with Crippen molar-refractivity contribution in [3.63, 3.8) is 0 Å². The monoisotopic (exact) mass is 270 g/mol. The number of hydrogen-bond donors (Lipinski definition) is 1. The van der Waals surface area contributed by atoms with E-state index in [-0.39, 0.29) is 12.5 Å². The van der Waals surface area contributed by atoms with Gasteiger partial charge in [0.1, 0.15) is 12.2 Å². The highest BCUT2D eigenvalue weighted by Gasteiger charge is 2.23. The minimum atomic E-state index is -0.986. The van der Waals surface area contributed by atoms with Crippen LogP contribution in [-0.4, -0.2) is 55.3 Å². The van der Waals surface area contributed by atoms with Crippen LogP contribution in [0.25, 0.3) is 0 Å². The van der Waals surface area contributed by atoms with Gasteiger partial charge in [-0.25, -0.2) is 0 Å². The van der Waals surface area contributed by atoms with Gasteiger partial charge in [0.2, 0.25) is 0 Å². The van der Waals surface area contributed by atoms with E-state index in [9.17, 15) is 13.8 Å². The van der Waals surface area contributed by atoms with Crippen LogP contribution in [0.1, 0.15) is 10.5 Å². The van der Waals surface area contributed by atoms with Crippen molar-refractivity contribution in [2.45, 2.75) is 6.54 Å². The first-order valence-electron chi connectivity index (χ1n) is 5.59. The molecule has 1 amide bonds. The number of carbonyl (C=O) groups is 2. The maximum absolute atomic E-state index is 12.2. The number of aromatic nitrogens is 1. The van der Waals surface area contributed by atoms with Crippen molar-refractivity contribution >= 4 is 22.7 Å². The Morgan fingerprint density at radius 1 is 1.33 bits per heavy atom. The van der Waals surface area contributed by atoms with Gasteiger partial charge in [0, 0.05) is 41.6 Å². The Morgan fingerprint density at radius 2 is 2.00 bits per heavy atom. The molecular formula is C11H14N2O4S. The molecule has 0 unspecified atom stereocenters. The Bertz CT molecular complexity index is 487. The molecule has 1 N–H and O–H groups in total. The molecule has 0 atom stereocenters. The fourth-order valence-corrected chi connectivity index (χ4v) is 2.95. The van der Waals surface area contributed by atoms with E-state index in [1.807, 2.05) is 0 Å². The van der Waals surface area contributed by atoms with Gasteiger partial charge in [-0.15, -0.1) is 0 Å². The second kappa shape index (κ2) is 5.34. The molecule has 2 rings (SSSR count). The molecule has 1 aromatic rings. The highest BCUT2D eigenvalue weighted by Crippen LogP contribution is 2.09. The molecule has 1 aliphatic heterocycles. The lowest BCUT2D eigenvalue weighted by Crippen LogP contribution is -2.42. The molecule has 0 radical (unpaired) electrons. The van der Waals surface area contributed by atoms with Crippen molar-refractivity contribution in [3.05, 3.63) is 24.0 Å². The number of amides is 1. The SMILES string of the molecule is O=C(O)Cn1cccc1C(=O)N1CCS(=O)CC1. The van der Waals surface area contributed by atoms with Crippen LogP contribution in [0.3, 0.4) is 0 Å². The molecule has 0 aliphatic carbocycles. The highest BCUT2D eigenvalue weighted by molar-refractivity contribution is 7.85. The van der Waals surface area contributed by atoms with Crippen LogP contribution in [0, 0.1) is 0 Å². The zero-order valence-electron chi connectivity index (χ0n) is 9.74. The third kappa shape index (κ3) is 2.79. The number of aliphatic carboxylic acids is 1. The molecule has 1 aromatic heterocycles. The number of carboxylic acids is 1. The van der Waals surface area contributed by atoms with E-state index in [0.717, 1.165) is 0 Å². The van der Waals surface area contributed by atoms with E-state index in [4.69, 9.17) is 5.11 Å². The third-order valence-electron chi connectivity index (χ3n) is 2.82. The third-order valence-corrected chi connectivity index (χ3v) is 4.10. The molecule has 1 saturated heterocycles. The number of nitrogens with zero attached hydrogens (tertiary/aromatic N) is 2. The zero-order chi connectivity index (χ0) is 13.1. The minimum Gasteiger partial charge on any atom is -0.480 e. The Balaban J connectivity index is 2.11. The highest BCUT2D eigenvalue weighted by atomic mass is 32.2. The van der Waals surface area contributed by atoms with E-state index < -0.39 is 16.8 Å². The normalized spacial score (nSPS) is 16.8. The lowest BCUT2D eigenvalue weighted by Gasteiger charge is -2.26. The summed E-state index contributed by atoms with van der Waals surface area (Å²) < 4.78 is 12.6. The number of carboxylic acid groups (broad SMARTS) is 1. The Kier molecular flexibility index (Phi) is 3.81. The summed E-state index contributed by atoms with van der Waals surface area (Å²) >= 11 is 0. The molecule has 0 aromatic carbocycles. The topological polar surface area (TPSA) is 79.6 Å². The van der Waals surface area contributed by atoms with Crippen LogP contribution in [0.5, 0.6) is 0 Å². The average molecular weight is 270 g/mol. The van der Waals surface area contributed by atoms with Gasteiger partial charge in [-0.05, 0) is 12.1 Å². The number of carbonyl (C=O) groups excluding carboxylic acids is 1. The van der Waals surface area contributed by atoms with E-state index in [1.54, 1.807) is 23.2 Å². The molecule has 7 heteroatoms. The number of rotatable bonds is 3. The zero-order valence-corrected chi connectivity index (χ0v) is 10.6. The molecule has 6 nitrogen and oxygen atoms in total. The minimum absolute atomic E-state index is 0.196. The Morgan fingerprint density at radius 3 is 2.61 bits per heavy atom. The first-order valence-corrected chi connectivity index (χ1v) is 7.08. The van der Waals surface area contributed by atoms with Crippen LogP contribution in [-0.2, 0) is 22.1 Å². The largest absolute Gasteiger partial charge is 0.480 e. The molecule has 1 aliphatic rings. The van der Waals surface area contributed by atoms with Crippen molar-refractivity contribution < 1.29 is 18.9 Å². The van der Waals surface area contributed by atoms with Crippen molar-refractivity contribution in [1.82, 2.24) is 9.47 Å². The first-order chi connectivity index (χ1) is 8.58. The molecule has 2 heterocycles. The van der Waals surface area contributed by atoms with Crippen molar-refractivity contribution in [2.24, 2.45) is 0 Å². The molecule has 0 bridgehead atoms. The maximum atomic E-state index is 12.2. The quantitative estimate of drug-likeness (QED) is 0.823. The summed E-state index contributed by atoms with van der Waals surface area (Å²) in [7, 11) is -0.834. The van der Waals surface area contributed by atoms with Crippen LogP contribution < -0.4 is 0 Å². The van der Waals surface area contributed by atoms with E-state index >= 15 is 0 Å². The summed E-state index contributed by atoms with van der Waals surface area (Å²) in [6, 6.07) is 3.26. The van der Waals surface area contributed by atoms with Crippen molar-refractivity contribution in [3.8, 4) is 0 Å². The van der Waals surface area contributed by atoms with Gasteiger partial charge in [0.15, 0.2) is 0 Å². The summed E-state index contributed by atoms with van der Waals surface area (Å²) in [5, 5.41) is 8.75. The van der Waals surface area contributed by atoms with Gasteiger partial charge in [-0.3, -0.25) is 13.8 Å². The molecule has 1 fully saturated rings. The fraction of sp³-hybridized carbons (Fsp3) is 0.455. The predicted octanol–water partition coefficient (Wildman–Crippen LogP) is -0.223. The first kappa shape index (κ1) is 12.8. The summed E-state index contributed by atoms with van der Waals surface area (Å²) in [4.78, 5) is 24.5. The van der Waals surface area contributed by atoms with Crippen LogP contribution >= 0.6 is 0 Å². The summed E-state index contributed by atoms with van der Waals surface area (Å²) in [5.74, 6) is -0.200. The Labute approximate surface area is 107 Å². The standard InChI is InChI=1S/C11H14N2O4S/c14-10(15)8-13-3-1-2-9(13)11(16)12-4-6-18(17)7-5-12/h1-3H,4-8H2,(H,14,15). The lowest BCUT2D eigenvalue weighted by atomic mass is 10.3. The van der Waals surface area contributed by atoms with Crippen LogP contribution in [0.15, 0.2) is 18.3 Å². The predicted molar refractivity (Wildman–Crippen MR) is 65.8 cm³/mol. The van der Waals surface area contributed by atoms with Gasteiger partial charge in [-0.1, -0.05) is 0 Å². The molecule has 0 spiro atoms. The second-order valence-electron chi connectivity index (χ2n) is 4.06. The van der Waals surface area contributed by atoms with Crippen LogP contribution in [0.2, 0.25) is 0 Å². The lowest BCUT2D eigenvalue weighted by molar-refractivity contribution is -0.137. The summed E-state index contributed by atoms with van der Waals surface area (Å²) in [6.45, 7) is 0.696. The van der Waals surface area contributed by atoms with Crippen molar-refractivity contribution in [1.29, 1.82) is 0 Å². The molecular weight excluding hydrogens is 256 g/mol. The molecule has 0 saturated carbocycles. The molecule has 98 valence electrons. The van der Waals surface area contributed by atoms with Gasteiger partial charge in [-0.2, -0.15) is 0 Å². The maximum Gasteiger partial charge on any atom is 0.323 e. The van der Waals surface area contributed by atoms with Gasteiger partial charge in [0.05, 0.1) is 0 Å². The smallest absolute Gasteiger partial charge is 0.323 e. The van der Waals surface area contributed by atoms with E-state index in [1.165, 1.54) is 4.57 Å². The second-order valence-corrected chi connectivity index (χ2v) is 5.75. The van der Waals surface area contributed by atoms with Gasteiger partial charge < -0.3 is 14.6 Å². The summed E-state index contributed by atoms with van der Waals surface area (Å²) in [6.07, 6.45) is 1.57. The van der Waals surface area contributed by atoms with Crippen LogP contribution in [0.4, 0.5) is 0 Å². The van der Waals surface area contributed by atoms with E-state index in [0.29, 0.717) is 30.3 Å². The van der Waals surface area contributed by atoms with E-state index in [2.05, 4.69) is 0 Å². The molecule has 18 heavy (non-hydrogen) atoms. The van der Waals surface area contributed by atoms with Crippen molar-refractivity contribution in [2.75, 3.05) is 24.6 Å². The van der Waals surface area contributed by atoms with Gasteiger partial charge in [0.25, 0.3) is 5.91 Å². The fourth-order valence-electron chi connectivity index (χ4n) is 1.89.